The molecule has 2 fully saturated rings. The molecule has 6 heteroatoms. The van der Waals surface area contributed by atoms with E-state index in [2.05, 4.69) is 30.4 Å². The van der Waals surface area contributed by atoms with Crippen LogP contribution in [0.15, 0.2) is 0 Å². The number of likely N-dealkylation sites (tertiary alicyclic amines) is 1. The molecule has 0 radical (unpaired) electrons. The first-order chi connectivity index (χ1) is 8.87. The van der Waals surface area contributed by atoms with Gasteiger partial charge in [-0.15, -0.1) is 0 Å². The van der Waals surface area contributed by atoms with Crippen LogP contribution in [0.4, 0.5) is 0 Å². The van der Waals surface area contributed by atoms with Crippen LogP contribution in [0, 0.1) is 11.8 Å². The highest BCUT2D eigenvalue weighted by atomic mass is 32.2. The number of hydrogen-bond donors (Lipinski definition) is 1. The van der Waals surface area contributed by atoms with Crippen molar-refractivity contribution < 1.29 is 13.2 Å². The third-order valence-corrected chi connectivity index (χ3v) is 5.75. The molecule has 2 aliphatic rings. The Kier molecular flexibility index (Phi) is 4.87. The van der Waals surface area contributed by atoms with Crippen LogP contribution in [-0.4, -0.2) is 57.5 Å². The molecule has 2 rings (SSSR count). The van der Waals surface area contributed by atoms with Gasteiger partial charge in [-0.3, -0.25) is 4.90 Å². The van der Waals surface area contributed by atoms with Gasteiger partial charge in [-0.1, -0.05) is 6.92 Å². The first-order valence-corrected chi connectivity index (χ1v) is 8.84. The summed E-state index contributed by atoms with van der Waals surface area (Å²) in [6.45, 7) is 9.49. The van der Waals surface area contributed by atoms with Crippen molar-refractivity contribution in [2.24, 2.45) is 11.8 Å². The van der Waals surface area contributed by atoms with Crippen molar-refractivity contribution in [3.05, 3.63) is 0 Å². The van der Waals surface area contributed by atoms with Crippen molar-refractivity contribution in [2.45, 2.75) is 39.3 Å². The fraction of sp³-hybridized carbons (Fsp3) is 1.00. The topological polar surface area (TPSA) is 58.6 Å². The van der Waals surface area contributed by atoms with E-state index in [1.54, 1.807) is 0 Å². The molecule has 2 aliphatic heterocycles. The number of nitrogens with zero attached hydrogens (tertiary/aromatic N) is 1. The Morgan fingerprint density at radius 3 is 2.63 bits per heavy atom. The van der Waals surface area contributed by atoms with Crippen LogP contribution >= 0.6 is 0 Å². The van der Waals surface area contributed by atoms with E-state index < -0.39 is 10.0 Å². The first kappa shape index (κ1) is 15.2. The molecule has 19 heavy (non-hydrogen) atoms. The Balaban J connectivity index is 1.89. The van der Waals surface area contributed by atoms with E-state index in [1.807, 2.05) is 0 Å². The summed E-state index contributed by atoms with van der Waals surface area (Å²) in [5, 5.41) is 0. The van der Waals surface area contributed by atoms with Gasteiger partial charge in [0.2, 0.25) is 10.0 Å². The monoisotopic (exact) mass is 290 g/mol. The maximum Gasteiger partial charge on any atom is 0.212 e. The summed E-state index contributed by atoms with van der Waals surface area (Å²) in [4.78, 5) is 2.33. The fourth-order valence-electron chi connectivity index (χ4n) is 2.88. The number of hydrogen-bond acceptors (Lipinski definition) is 4. The molecule has 1 N–H and O–H groups in total. The Hall–Kier alpha value is -0.170. The van der Waals surface area contributed by atoms with E-state index >= 15 is 0 Å². The molecule has 3 atom stereocenters. The Labute approximate surface area is 116 Å². The zero-order chi connectivity index (χ0) is 14.0. The average Bonchev–Trinajstić information content (AvgIpc) is 2.88. The molecule has 0 aromatic heterocycles. The summed E-state index contributed by atoms with van der Waals surface area (Å²) in [7, 11) is -3.19. The second-order valence-electron chi connectivity index (χ2n) is 6.26. The van der Waals surface area contributed by atoms with Gasteiger partial charge in [-0.25, -0.2) is 13.1 Å². The van der Waals surface area contributed by atoms with E-state index in [4.69, 9.17) is 4.74 Å². The molecule has 2 saturated heterocycles. The van der Waals surface area contributed by atoms with Crippen molar-refractivity contribution in [3.8, 4) is 0 Å². The summed E-state index contributed by atoms with van der Waals surface area (Å²) in [6, 6.07) is 0.523. The van der Waals surface area contributed by atoms with Crippen LogP contribution in [0.1, 0.15) is 27.2 Å². The van der Waals surface area contributed by atoms with Crippen molar-refractivity contribution in [1.29, 1.82) is 0 Å². The van der Waals surface area contributed by atoms with Gasteiger partial charge < -0.3 is 4.74 Å². The molecule has 112 valence electrons. The number of ether oxygens (including phenoxy) is 1. The van der Waals surface area contributed by atoms with Crippen LogP contribution in [-0.2, 0) is 14.8 Å². The highest BCUT2D eigenvalue weighted by Crippen LogP contribution is 2.20. The lowest BCUT2D eigenvalue weighted by Crippen LogP contribution is -2.42. The van der Waals surface area contributed by atoms with Gasteiger partial charge in [0.05, 0.1) is 12.4 Å². The highest BCUT2D eigenvalue weighted by molar-refractivity contribution is 7.89. The smallest absolute Gasteiger partial charge is 0.212 e. The highest BCUT2D eigenvalue weighted by Gasteiger charge is 2.34. The maximum absolute atomic E-state index is 12.2. The van der Waals surface area contributed by atoms with Crippen molar-refractivity contribution in [1.82, 2.24) is 9.62 Å². The van der Waals surface area contributed by atoms with Crippen molar-refractivity contribution >= 4 is 10.0 Å². The SMILES string of the molecule is CC1CN(C(C)C)CC1NS(=O)(=O)CC1CCOC1. The van der Waals surface area contributed by atoms with E-state index in [-0.39, 0.29) is 17.7 Å². The summed E-state index contributed by atoms with van der Waals surface area (Å²) < 4.78 is 32.5. The fourth-order valence-corrected chi connectivity index (χ4v) is 4.63. The lowest BCUT2D eigenvalue weighted by atomic mass is 10.1. The van der Waals surface area contributed by atoms with Crippen LogP contribution in [0.5, 0.6) is 0 Å². The van der Waals surface area contributed by atoms with Crippen molar-refractivity contribution in [3.63, 3.8) is 0 Å². The van der Waals surface area contributed by atoms with Gasteiger partial charge in [-0.2, -0.15) is 0 Å². The third-order valence-electron chi connectivity index (χ3n) is 4.18. The zero-order valence-corrected chi connectivity index (χ0v) is 12.9. The van der Waals surface area contributed by atoms with E-state index in [0.29, 0.717) is 25.2 Å². The normalized spacial score (nSPS) is 33.4. The second kappa shape index (κ2) is 6.08. The van der Waals surface area contributed by atoms with Gasteiger partial charge >= 0.3 is 0 Å². The molecule has 5 nitrogen and oxygen atoms in total. The van der Waals surface area contributed by atoms with Gasteiger partial charge in [0.1, 0.15) is 0 Å². The molecule has 0 bridgehead atoms. The average molecular weight is 290 g/mol. The van der Waals surface area contributed by atoms with Gasteiger partial charge in [-0.05, 0) is 32.1 Å². The Morgan fingerprint density at radius 2 is 2.11 bits per heavy atom. The largest absolute Gasteiger partial charge is 0.381 e. The Bertz CT molecular complexity index is 391. The van der Waals surface area contributed by atoms with Crippen LogP contribution < -0.4 is 4.72 Å². The minimum Gasteiger partial charge on any atom is -0.381 e. The van der Waals surface area contributed by atoms with Gasteiger partial charge in [0.15, 0.2) is 0 Å². The molecule has 3 unspecified atom stereocenters. The Morgan fingerprint density at radius 1 is 1.37 bits per heavy atom. The predicted molar refractivity (Wildman–Crippen MR) is 75.5 cm³/mol. The lowest BCUT2D eigenvalue weighted by Gasteiger charge is -2.20. The quantitative estimate of drug-likeness (QED) is 0.808. The van der Waals surface area contributed by atoms with E-state index in [1.165, 1.54) is 0 Å². The molecule has 2 heterocycles. The van der Waals surface area contributed by atoms with Gasteiger partial charge in [0, 0.05) is 31.8 Å². The molecule has 0 aromatic carbocycles. The summed E-state index contributed by atoms with van der Waals surface area (Å²) >= 11 is 0. The van der Waals surface area contributed by atoms with Crippen LogP contribution in [0.25, 0.3) is 0 Å². The number of nitrogens with one attached hydrogen (secondary N) is 1. The van der Waals surface area contributed by atoms with Crippen molar-refractivity contribution in [2.75, 3.05) is 32.1 Å². The zero-order valence-electron chi connectivity index (χ0n) is 12.1. The van der Waals surface area contributed by atoms with Gasteiger partial charge in [0.25, 0.3) is 0 Å². The molecule has 0 saturated carbocycles. The van der Waals surface area contributed by atoms with Crippen LogP contribution in [0.2, 0.25) is 0 Å². The standard InChI is InChI=1S/C13H26N2O3S/c1-10(2)15-6-11(3)13(7-15)14-19(16,17)9-12-4-5-18-8-12/h10-14H,4-9H2,1-3H3. The molecular formula is C13H26N2O3S. The number of rotatable bonds is 5. The predicted octanol–water partition coefficient (Wildman–Crippen LogP) is 0.671. The third kappa shape index (κ3) is 4.15. The van der Waals surface area contributed by atoms with E-state index in [9.17, 15) is 8.42 Å². The minimum atomic E-state index is -3.19. The molecule has 0 aromatic rings. The van der Waals surface area contributed by atoms with E-state index in [0.717, 1.165) is 19.5 Å². The number of sulfonamides is 1. The molecule has 0 aliphatic carbocycles. The van der Waals surface area contributed by atoms with Crippen LogP contribution in [0.3, 0.4) is 0 Å². The lowest BCUT2D eigenvalue weighted by molar-refractivity contribution is 0.188. The summed E-state index contributed by atoms with van der Waals surface area (Å²) in [5.41, 5.74) is 0. The molecular weight excluding hydrogens is 264 g/mol. The summed E-state index contributed by atoms with van der Waals surface area (Å²) in [6.07, 6.45) is 0.860. The molecule has 0 amide bonds. The summed E-state index contributed by atoms with van der Waals surface area (Å²) in [5.74, 6) is 0.741. The second-order valence-corrected chi connectivity index (χ2v) is 8.06. The molecule has 0 spiro atoms. The minimum absolute atomic E-state index is 0.0507. The maximum atomic E-state index is 12.2. The first-order valence-electron chi connectivity index (χ1n) is 7.19.